The molecule has 0 radical (unpaired) electrons. The van der Waals surface area contributed by atoms with E-state index < -0.39 is 6.17 Å². The van der Waals surface area contributed by atoms with Gasteiger partial charge in [0.05, 0.1) is 0 Å². The molecule has 0 aromatic carbocycles. The number of nitrogens with zero attached hydrogens (tertiary/aromatic N) is 2. The van der Waals surface area contributed by atoms with E-state index in [1.165, 1.54) is 0 Å². The minimum Gasteiger partial charge on any atom is -0.259 e. The van der Waals surface area contributed by atoms with Crippen LogP contribution in [0.5, 0.6) is 0 Å². The average Bonchev–Trinajstić information content (AvgIpc) is 2.14. The summed E-state index contributed by atoms with van der Waals surface area (Å²) in [5, 5.41) is 2.65. The fraction of sp³-hybridized carbons (Fsp3) is 0.250. The highest BCUT2D eigenvalue weighted by atomic mass is 16.3. The molecule has 0 fully saturated rings. The van der Waals surface area contributed by atoms with Crippen molar-refractivity contribution < 1.29 is 0 Å². The molecule has 1 rings (SSSR count). The number of rotatable bonds is 1. The van der Waals surface area contributed by atoms with Crippen LogP contribution in [-0.4, -0.2) is 12.4 Å². The number of nitroso groups, excluding NO2 is 1. The lowest BCUT2D eigenvalue weighted by atomic mass is 10.5. The minimum atomic E-state index is -0.444. The van der Waals surface area contributed by atoms with Crippen molar-refractivity contribution in [1.82, 2.24) is 0 Å². The molecule has 0 aromatic heterocycles. The summed E-state index contributed by atoms with van der Waals surface area (Å²) in [5.41, 5.74) is 0. The van der Waals surface area contributed by atoms with Gasteiger partial charge >= 0.3 is 0 Å². The summed E-state index contributed by atoms with van der Waals surface area (Å²) in [6.45, 7) is 0. The van der Waals surface area contributed by atoms with Gasteiger partial charge in [-0.05, 0) is 17.3 Å². The molecule has 3 heteroatoms. The number of allylic oxidation sites excluding steroid dienone is 1. The van der Waals surface area contributed by atoms with Crippen LogP contribution in [0.2, 0.25) is 0 Å². The molecule has 0 amide bonds. The highest BCUT2D eigenvalue weighted by Crippen LogP contribution is 1.98. The normalized spacial score (nSPS) is 26.0. The Morgan fingerprint density at radius 1 is 1.71 bits per heavy atom. The molecule has 1 atom stereocenters. The smallest absolute Gasteiger partial charge is 0.199 e. The highest BCUT2D eigenvalue weighted by Gasteiger charge is 1.99. The molecule has 0 saturated heterocycles. The SMILES string of the molecule is O=NC1C=CC=N1. The van der Waals surface area contributed by atoms with Crippen LogP contribution in [-0.2, 0) is 0 Å². The first-order valence-electron chi connectivity index (χ1n) is 1.96. The Hall–Kier alpha value is -0.990. The molecule has 1 heterocycles. The summed E-state index contributed by atoms with van der Waals surface area (Å²) in [7, 11) is 0. The Morgan fingerprint density at radius 3 is 2.86 bits per heavy atom. The zero-order chi connectivity index (χ0) is 5.11. The van der Waals surface area contributed by atoms with Gasteiger partial charge in [-0.1, -0.05) is 0 Å². The van der Waals surface area contributed by atoms with Gasteiger partial charge in [0.25, 0.3) is 0 Å². The predicted octanol–water partition coefficient (Wildman–Crippen LogP) is 0.720. The van der Waals surface area contributed by atoms with E-state index in [1.807, 2.05) is 0 Å². The monoisotopic (exact) mass is 96.0 g/mol. The quantitative estimate of drug-likeness (QED) is 0.443. The van der Waals surface area contributed by atoms with E-state index in [2.05, 4.69) is 10.2 Å². The van der Waals surface area contributed by atoms with Crippen LogP contribution in [0.25, 0.3) is 0 Å². The van der Waals surface area contributed by atoms with E-state index in [0.717, 1.165) is 0 Å². The van der Waals surface area contributed by atoms with E-state index in [0.29, 0.717) is 0 Å². The molecule has 36 valence electrons. The Kier molecular flexibility index (Phi) is 0.978. The van der Waals surface area contributed by atoms with Crippen LogP contribution in [0.15, 0.2) is 22.3 Å². The van der Waals surface area contributed by atoms with Crippen LogP contribution < -0.4 is 0 Å². The van der Waals surface area contributed by atoms with Crippen molar-refractivity contribution in [3.05, 3.63) is 17.1 Å². The molecule has 3 nitrogen and oxygen atoms in total. The summed E-state index contributed by atoms with van der Waals surface area (Å²) < 4.78 is 0. The van der Waals surface area contributed by atoms with E-state index in [4.69, 9.17) is 0 Å². The molecule has 0 aromatic rings. The Balaban J connectivity index is 2.59. The van der Waals surface area contributed by atoms with E-state index >= 15 is 0 Å². The molecular weight excluding hydrogens is 92.1 g/mol. The van der Waals surface area contributed by atoms with Crippen molar-refractivity contribution in [3.63, 3.8) is 0 Å². The maximum atomic E-state index is 9.59. The molecule has 7 heavy (non-hydrogen) atoms. The molecule has 0 bridgehead atoms. The van der Waals surface area contributed by atoms with Crippen LogP contribution in [0.1, 0.15) is 0 Å². The summed E-state index contributed by atoms with van der Waals surface area (Å²) in [4.78, 5) is 13.2. The topological polar surface area (TPSA) is 41.8 Å². The fourth-order valence-electron chi connectivity index (χ4n) is 0.399. The van der Waals surface area contributed by atoms with Gasteiger partial charge in [0.15, 0.2) is 6.17 Å². The number of aliphatic imine (C=N–C) groups is 1. The number of hydrogen-bond acceptors (Lipinski definition) is 3. The van der Waals surface area contributed by atoms with Gasteiger partial charge in [0.1, 0.15) is 0 Å². The van der Waals surface area contributed by atoms with Crippen molar-refractivity contribution in [2.24, 2.45) is 10.2 Å². The third kappa shape index (κ3) is 0.707. The van der Waals surface area contributed by atoms with Gasteiger partial charge in [-0.15, -0.1) is 4.91 Å². The van der Waals surface area contributed by atoms with Crippen LogP contribution >= 0.6 is 0 Å². The third-order valence-corrected chi connectivity index (χ3v) is 0.716. The third-order valence-electron chi connectivity index (χ3n) is 0.716. The minimum absolute atomic E-state index is 0.444. The first-order chi connectivity index (χ1) is 3.43. The van der Waals surface area contributed by atoms with Gasteiger partial charge < -0.3 is 0 Å². The van der Waals surface area contributed by atoms with E-state index in [9.17, 15) is 4.91 Å². The summed E-state index contributed by atoms with van der Waals surface area (Å²) in [6, 6.07) is 0. The maximum Gasteiger partial charge on any atom is 0.199 e. The number of hydrogen-bond donors (Lipinski definition) is 0. The first-order valence-corrected chi connectivity index (χ1v) is 1.96. The second-order valence-corrected chi connectivity index (χ2v) is 1.20. The Morgan fingerprint density at radius 2 is 2.57 bits per heavy atom. The Bertz CT molecular complexity index is 116. The van der Waals surface area contributed by atoms with E-state index in [1.54, 1.807) is 18.4 Å². The predicted molar refractivity (Wildman–Crippen MR) is 27.2 cm³/mol. The molecule has 0 saturated carbocycles. The van der Waals surface area contributed by atoms with Crippen LogP contribution in [0, 0.1) is 4.91 Å². The fourth-order valence-corrected chi connectivity index (χ4v) is 0.399. The lowest BCUT2D eigenvalue weighted by Crippen LogP contribution is -1.85. The van der Waals surface area contributed by atoms with Gasteiger partial charge in [0.2, 0.25) is 0 Å². The second-order valence-electron chi connectivity index (χ2n) is 1.20. The second kappa shape index (κ2) is 1.64. The van der Waals surface area contributed by atoms with Crippen molar-refractivity contribution in [2.75, 3.05) is 0 Å². The maximum absolute atomic E-state index is 9.59. The van der Waals surface area contributed by atoms with Gasteiger partial charge in [-0.25, -0.2) is 0 Å². The molecule has 0 N–H and O–H groups in total. The van der Waals surface area contributed by atoms with Crippen molar-refractivity contribution in [3.8, 4) is 0 Å². The largest absolute Gasteiger partial charge is 0.259 e. The van der Waals surface area contributed by atoms with Gasteiger partial charge in [-0.2, -0.15) is 0 Å². The standard InChI is InChI=1S/C4H4N2O/c7-6-4-2-1-3-5-4/h1-4H. The molecule has 1 unspecified atom stereocenters. The van der Waals surface area contributed by atoms with Crippen molar-refractivity contribution >= 4 is 6.21 Å². The molecule has 1 aliphatic rings. The lowest BCUT2D eigenvalue weighted by molar-refractivity contribution is 0.889. The lowest BCUT2D eigenvalue weighted by Gasteiger charge is -1.82. The summed E-state index contributed by atoms with van der Waals surface area (Å²) >= 11 is 0. The van der Waals surface area contributed by atoms with Gasteiger partial charge in [-0.3, -0.25) is 4.99 Å². The van der Waals surface area contributed by atoms with Gasteiger partial charge in [0, 0.05) is 6.21 Å². The summed E-state index contributed by atoms with van der Waals surface area (Å²) in [5.74, 6) is 0. The zero-order valence-electron chi connectivity index (χ0n) is 3.61. The molecule has 1 aliphatic heterocycles. The van der Waals surface area contributed by atoms with Crippen LogP contribution in [0.3, 0.4) is 0 Å². The average molecular weight is 96.1 g/mol. The molecule has 0 spiro atoms. The van der Waals surface area contributed by atoms with Crippen molar-refractivity contribution in [2.45, 2.75) is 6.17 Å². The Labute approximate surface area is 40.7 Å². The molecule has 0 aliphatic carbocycles. The summed E-state index contributed by atoms with van der Waals surface area (Å²) in [6.07, 6.45) is 4.45. The molecular formula is C4H4N2O. The van der Waals surface area contributed by atoms with Crippen LogP contribution in [0.4, 0.5) is 0 Å². The zero-order valence-corrected chi connectivity index (χ0v) is 3.61. The van der Waals surface area contributed by atoms with E-state index in [-0.39, 0.29) is 0 Å². The first kappa shape index (κ1) is 4.18. The van der Waals surface area contributed by atoms with Crippen molar-refractivity contribution in [1.29, 1.82) is 0 Å². The highest BCUT2D eigenvalue weighted by molar-refractivity contribution is 5.74.